The molecule has 160 valence electrons. The average Bonchev–Trinajstić information content (AvgIpc) is 3.06. The van der Waals surface area contributed by atoms with Gasteiger partial charge in [0.15, 0.2) is 27.3 Å². The Balaban J connectivity index is 1.63. The maximum Gasteiger partial charge on any atom is 0.255 e. The van der Waals surface area contributed by atoms with Crippen molar-refractivity contribution in [2.45, 2.75) is 28.8 Å². The van der Waals surface area contributed by atoms with Crippen molar-refractivity contribution >= 4 is 33.0 Å². The summed E-state index contributed by atoms with van der Waals surface area (Å²) in [6.07, 6.45) is -1.93. The van der Waals surface area contributed by atoms with E-state index in [1.54, 1.807) is 0 Å². The van der Waals surface area contributed by atoms with Crippen LogP contribution in [0.5, 0.6) is 0 Å². The van der Waals surface area contributed by atoms with E-state index >= 15 is 0 Å². The molecule has 5 rings (SSSR count). The van der Waals surface area contributed by atoms with Crippen molar-refractivity contribution in [3.05, 3.63) is 58.4 Å². The number of sulfone groups is 1. The zero-order valence-electron chi connectivity index (χ0n) is 15.0. The molecule has 5 atom stereocenters. The van der Waals surface area contributed by atoms with Gasteiger partial charge in [-0.3, -0.25) is 4.79 Å². The first kappa shape index (κ1) is 21.1. The number of carbonyl (C=O) groups is 1. The molecule has 3 aliphatic carbocycles. The Kier molecular flexibility index (Phi) is 5.08. The molecular formula is C19H15ClF3NO5S. The second-order valence-corrected chi connectivity index (χ2v) is 9.89. The summed E-state index contributed by atoms with van der Waals surface area (Å²) < 4.78 is 65.9. The number of carbonyl (C=O) groups excluding carboxylic acids is 1. The maximum atomic E-state index is 13.3. The molecule has 3 aliphatic rings. The van der Waals surface area contributed by atoms with Crippen LogP contribution in [0.25, 0.3) is 0 Å². The summed E-state index contributed by atoms with van der Waals surface area (Å²) in [4.78, 5) is 12.1. The molecular weight excluding hydrogens is 447 g/mol. The Morgan fingerprint density at radius 3 is 2.13 bits per heavy atom. The van der Waals surface area contributed by atoms with E-state index in [-0.39, 0.29) is 21.2 Å². The van der Waals surface area contributed by atoms with Crippen molar-refractivity contribution in [1.29, 1.82) is 0 Å². The van der Waals surface area contributed by atoms with E-state index in [2.05, 4.69) is 5.32 Å². The summed E-state index contributed by atoms with van der Waals surface area (Å²) in [5.74, 6) is -6.84. The van der Waals surface area contributed by atoms with Gasteiger partial charge >= 0.3 is 0 Å². The minimum absolute atomic E-state index is 0.152. The molecule has 3 fully saturated rings. The lowest BCUT2D eigenvalue weighted by atomic mass is 9.83. The summed E-state index contributed by atoms with van der Waals surface area (Å²) in [5, 5.41) is 20.8. The summed E-state index contributed by atoms with van der Waals surface area (Å²) >= 11 is 6.04. The molecule has 1 amide bonds. The number of benzene rings is 2. The topological polar surface area (TPSA) is 104 Å². The van der Waals surface area contributed by atoms with E-state index < -0.39 is 62.5 Å². The van der Waals surface area contributed by atoms with E-state index in [0.29, 0.717) is 18.6 Å². The van der Waals surface area contributed by atoms with Crippen LogP contribution in [0.2, 0.25) is 5.02 Å². The Morgan fingerprint density at radius 1 is 1.03 bits per heavy atom. The van der Waals surface area contributed by atoms with Crippen molar-refractivity contribution in [3.8, 4) is 0 Å². The summed E-state index contributed by atoms with van der Waals surface area (Å²) in [6.45, 7) is 0. The molecule has 3 N–H and O–H groups in total. The monoisotopic (exact) mass is 461 g/mol. The van der Waals surface area contributed by atoms with Crippen molar-refractivity contribution in [2.24, 2.45) is 11.8 Å². The molecule has 2 aromatic rings. The number of hydrogen-bond acceptors (Lipinski definition) is 5. The highest BCUT2D eigenvalue weighted by Crippen LogP contribution is 2.54. The Labute approximate surface area is 174 Å². The lowest BCUT2D eigenvalue weighted by Crippen LogP contribution is -2.43. The van der Waals surface area contributed by atoms with Gasteiger partial charge < -0.3 is 15.5 Å². The zero-order chi connectivity index (χ0) is 22.0. The molecule has 0 aromatic heterocycles. The molecule has 0 aliphatic heterocycles. The van der Waals surface area contributed by atoms with Gasteiger partial charge in [0.1, 0.15) is 0 Å². The van der Waals surface area contributed by atoms with E-state index in [1.165, 1.54) is 12.1 Å². The molecule has 0 heterocycles. The smallest absolute Gasteiger partial charge is 0.255 e. The predicted octanol–water partition coefficient (Wildman–Crippen LogP) is 2.52. The molecule has 2 bridgehead atoms. The van der Waals surface area contributed by atoms with E-state index in [1.807, 2.05) is 0 Å². The highest BCUT2D eigenvalue weighted by atomic mass is 35.5. The van der Waals surface area contributed by atoms with Crippen LogP contribution >= 0.6 is 11.6 Å². The summed E-state index contributed by atoms with van der Waals surface area (Å²) in [7, 11) is -4.08. The molecule has 3 unspecified atom stereocenters. The summed E-state index contributed by atoms with van der Waals surface area (Å²) in [6, 6.07) is 4.58. The van der Waals surface area contributed by atoms with Crippen LogP contribution in [-0.4, -0.2) is 42.0 Å². The van der Waals surface area contributed by atoms with Crippen molar-refractivity contribution < 1.29 is 36.6 Å². The Bertz CT molecular complexity index is 1120. The second kappa shape index (κ2) is 7.23. The zero-order valence-corrected chi connectivity index (χ0v) is 16.6. The molecule has 0 spiro atoms. The van der Waals surface area contributed by atoms with E-state index in [0.717, 1.165) is 6.07 Å². The molecule has 0 radical (unpaired) electrons. The molecule has 2 aromatic carbocycles. The van der Waals surface area contributed by atoms with Gasteiger partial charge in [-0.2, -0.15) is 0 Å². The average molecular weight is 462 g/mol. The number of fused-ring (bicyclic) bond motifs is 1. The lowest BCUT2D eigenvalue weighted by Gasteiger charge is -2.35. The molecule has 11 heteroatoms. The normalized spacial score (nSPS) is 27.6. The highest BCUT2D eigenvalue weighted by molar-refractivity contribution is 7.92. The minimum Gasteiger partial charge on any atom is -0.390 e. The first-order valence-electron chi connectivity index (χ1n) is 8.88. The van der Waals surface area contributed by atoms with Gasteiger partial charge in [0.05, 0.1) is 27.4 Å². The number of aliphatic hydroxyl groups excluding tert-OH is 2. The fourth-order valence-electron chi connectivity index (χ4n) is 4.18. The number of hydrogen-bond donors (Lipinski definition) is 3. The number of rotatable bonds is 4. The third kappa shape index (κ3) is 3.18. The third-order valence-corrected chi connectivity index (χ3v) is 8.52. The van der Waals surface area contributed by atoms with Crippen LogP contribution in [0.15, 0.2) is 35.2 Å². The minimum atomic E-state index is -4.08. The quantitative estimate of drug-likeness (QED) is 0.607. The second-order valence-electron chi connectivity index (χ2n) is 7.41. The molecule has 0 saturated heterocycles. The van der Waals surface area contributed by atoms with Crippen LogP contribution in [0.1, 0.15) is 16.8 Å². The number of anilines is 1. The standard InChI is InChI=1S/C19H15ClF3NO5S/c20-11-2-1-7(19(27)24-8-4-12(21)15(23)13(22)5-8)3-14(11)30(28,29)18-9-6-10(18)17(26)16(9)25/h1-5,9-10,16-18,25-26H,6H2,(H,24,27)/t9?,10?,16-,17?,18+/m1/s1. The van der Waals surface area contributed by atoms with Gasteiger partial charge in [0.2, 0.25) is 0 Å². The van der Waals surface area contributed by atoms with Crippen molar-refractivity contribution in [1.82, 2.24) is 0 Å². The van der Waals surface area contributed by atoms with E-state index in [9.17, 15) is 36.6 Å². The van der Waals surface area contributed by atoms with Gasteiger partial charge in [-0.1, -0.05) is 11.6 Å². The van der Waals surface area contributed by atoms with Crippen LogP contribution in [-0.2, 0) is 9.84 Å². The van der Waals surface area contributed by atoms with Crippen LogP contribution < -0.4 is 5.32 Å². The van der Waals surface area contributed by atoms with Gasteiger partial charge in [-0.25, -0.2) is 21.6 Å². The Hall–Kier alpha value is -2.14. The predicted molar refractivity (Wildman–Crippen MR) is 100 cm³/mol. The Morgan fingerprint density at radius 2 is 1.60 bits per heavy atom. The molecule has 6 nitrogen and oxygen atoms in total. The number of aliphatic hydroxyl groups is 2. The fourth-order valence-corrected chi connectivity index (χ4v) is 7.01. The van der Waals surface area contributed by atoms with Crippen LogP contribution in [0.4, 0.5) is 18.9 Å². The van der Waals surface area contributed by atoms with Gasteiger partial charge in [-0.05, 0) is 24.6 Å². The number of amides is 1. The maximum absolute atomic E-state index is 13.3. The van der Waals surface area contributed by atoms with E-state index in [4.69, 9.17) is 11.6 Å². The third-order valence-electron chi connectivity index (χ3n) is 5.72. The number of nitrogens with one attached hydrogen (secondary N) is 1. The van der Waals surface area contributed by atoms with Crippen molar-refractivity contribution in [2.75, 3.05) is 5.32 Å². The van der Waals surface area contributed by atoms with Gasteiger partial charge in [0.25, 0.3) is 5.91 Å². The summed E-state index contributed by atoms with van der Waals surface area (Å²) in [5.41, 5.74) is -0.532. The lowest BCUT2D eigenvalue weighted by molar-refractivity contribution is 0.0396. The van der Waals surface area contributed by atoms with Crippen LogP contribution in [0.3, 0.4) is 0 Å². The first-order valence-corrected chi connectivity index (χ1v) is 10.8. The first-order chi connectivity index (χ1) is 14.0. The fraction of sp³-hybridized carbons (Fsp3) is 0.316. The largest absolute Gasteiger partial charge is 0.390 e. The highest BCUT2D eigenvalue weighted by Gasteiger charge is 2.63. The SMILES string of the molecule is O=C(Nc1cc(F)c(F)c(F)c1)c1ccc(Cl)c(S(=O)(=O)[C@@H]2C3CC2[C@@H](O)C3O)c1. The van der Waals surface area contributed by atoms with Crippen molar-refractivity contribution in [3.63, 3.8) is 0 Å². The van der Waals surface area contributed by atoms with Gasteiger partial charge in [0, 0.05) is 35.2 Å². The number of halogens is 4. The van der Waals surface area contributed by atoms with Crippen LogP contribution in [0, 0.1) is 29.3 Å². The molecule has 3 saturated carbocycles. The molecule has 30 heavy (non-hydrogen) atoms. The van der Waals surface area contributed by atoms with Gasteiger partial charge in [-0.15, -0.1) is 0 Å².